The number of carbonyl (C=O) groups is 2. The van der Waals surface area contributed by atoms with Crippen LogP contribution in [-0.4, -0.2) is 24.4 Å². The minimum Gasteiger partial charge on any atom is -0.459 e. The molecular weight excluding hydrogens is 280 g/mol. The molecule has 3 rings (SSSR count). The summed E-state index contributed by atoms with van der Waals surface area (Å²) in [4.78, 5) is 23.7. The normalized spacial score (nSPS) is 27.6. The summed E-state index contributed by atoms with van der Waals surface area (Å²) in [5.74, 6) is 2.34. The van der Waals surface area contributed by atoms with Crippen molar-refractivity contribution in [3.05, 3.63) is 24.2 Å². The van der Waals surface area contributed by atoms with Crippen molar-refractivity contribution in [3.63, 3.8) is 0 Å². The molecular formula is C17H24N2O3. The van der Waals surface area contributed by atoms with Crippen LogP contribution in [0.1, 0.15) is 49.6 Å². The van der Waals surface area contributed by atoms with E-state index < -0.39 is 0 Å². The van der Waals surface area contributed by atoms with E-state index in [-0.39, 0.29) is 23.6 Å². The van der Waals surface area contributed by atoms with Crippen molar-refractivity contribution in [2.45, 2.75) is 45.1 Å². The van der Waals surface area contributed by atoms with Crippen LogP contribution >= 0.6 is 0 Å². The molecule has 0 spiro atoms. The summed E-state index contributed by atoms with van der Waals surface area (Å²) in [6, 6.07) is 3.51. The summed E-state index contributed by atoms with van der Waals surface area (Å²) in [5, 5.41) is 5.79. The van der Waals surface area contributed by atoms with Crippen molar-refractivity contribution in [2.24, 2.45) is 17.8 Å². The molecule has 0 saturated heterocycles. The van der Waals surface area contributed by atoms with Crippen LogP contribution in [0.25, 0.3) is 0 Å². The van der Waals surface area contributed by atoms with Crippen LogP contribution in [0.4, 0.5) is 0 Å². The fourth-order valence-electron chi connectivity index (χ4n) is 4.12. The molecule has 4 atom stereocenters. The molecule has 0 unspecified atom stereocenters. The Morgan fingerprint density at radius 3 is 2.86 bits per heavy atom. The Balaban J connectivity index is 1.36. The molecule has 1 aromatic rings. The van der Waals surface area contributed by atoms with Crippen LogP contribution in [0.2, 0.25) is 0 Å². The Kier molecular flexibility index (Phi) is 4.50. The molecule has 1 aromatic heterocycles. The maximum Gasteiger partial charge on any atom is 0.286 e. The molecule has 5 nitrogen and oxygen atoms in total. The average molecular weight is 304 g/mol. The van der Waals surface area contributed by atoms with Crippen LogP contribution in [-0.2, 0) is 4.79 Å². The second kappa shape index (κ2) is 6.55. The number of hydrogen-bond donors (Lipinski definition) is 2. The summed E-state index contributed by atoms with van der Waals surface area (Å²) in [6.07, 6.45) is 7.08. The third-order valence-electron chi connectivity index (χ3n) is 5.21. The van der Waals surface area contributed by atoms with Crippen molar-refractivity contribution >= 4 is 11.8 Å². The van der Waals surface area contributed by atoms with E-state index in [1.54, 1.807) is 12.1 Å². The molecule has 2 N–H and O–H groups in total. The molecule has 0 radical (unpaired) electrons. The van der Waals surface area contributed by atoms with E-state index in [4.69, 9.17) is 4.42 Å². The molecule has 2 fully saturated rings. The van der Waals surface area contributed by atoms with Gasteiger partial charge in [-0.1, -0.05) is 6.42 Å². The Hall–Kier alpha value is -1.78. The molecule has 2 aliphatic rings. The SMILES string of the molecule is C[C@@H](NC(=O)CCNC(=O)c1ccco1)[C@@H]1C[C@H]2CC[C@H]1C2. The lowest BCUT2D eigenvalue weighted by Crippen LogP contribution is -2.41. The zero-order valence-corrected chi connectivity index (χ0v) is 13.0. The molecule has 22 heavy (non-hydrogen) atoms. The summed E-state index contributed by atoms with van der Waals surface area (Å²) in [5.41, 5.74) is 0. The number of carbonyl (C=O) groups excluding carboxylic acids is 2. The zero-order chi connectivity index (χ0) is 15.5. The van der Waals surface area contributed by atoms with Gasteiger partial charge in [-0.05, 0) is 56.1 Å². The standard InChI is InChI=1S/C17H24N2O3/c1-11(14-10-12-4-5-13(14)9-12)19-16(20)6-7-18-17(21)15-3-2-8-22-15/h2-3,8,11-14H,4-7,9-10H2,1H3,(H,18,21)(H,19,20)/t11-,12+,13+,14+/m1/s1. The third kappa shape index (κ3) is 3.34. The highest BCUT2D eigenvalue weighted by Gasteiger charge is 2.42. The second-order valence-corrected chi connectivity index (χ2v) is 6.68. The van der Waals surface area contributed by atoms with Gasteiger partial charge in [0.1, 0.15) is 0 Å². The van der Waals surface area contributed by atoms with Gasteiger partial charge < -0.3 is 15.1 Å². The summed E-state index contributed by atoms with van der Waals surface area (Å²) in [6.45, 7) is 2.44. The van der Waals surface area contributed by atoms with E-state index in [1.165, 1.54) is 31.9 Å². The van der Waals surface area contributed by atoms with Crippen molar-refractivity contribution in [3.8, 4) is 0 Å². The number of fused-ring (bicyclic) bond motifs is 2. The quantitative estimate of drug-likeness (QED) is 0.847. The van der Waals surface area contributed by atoms with Gasteiger partial charge in [-0.3, -0.25) is 9.59 Å². The van der Waals surface area contributed by atoms with Crippen LogP contribution in [0, 0.1) is 17.8 Å². The number of furan rings is 1. The lowest BCUT2D eigenvalue weighted by atomic mass is 9.84. The summed E-state index contributed by atoms with van der Waals surface area (Å²) >= 11 is 0. The number of hydrogen-bond acceptors (Lipinski definition) is 3. The Bertz CT molecular complexity index is 526. The first-order valence-electron chi connectivity index (χ1n) is 8.24. The van der Waals surface area contributed by atoms with E-state index in [2.05, 4.69) is 17.6 Å². The van der Waals surface area contributed by atoms with Gasteiger partial charge in [0.2, 0.25) is 5.91 Å². The first-order chi connectivity index (χ1) is 10.6. The second-order valence-electron chi connectivity index (χ2n) is 6.68. The monoisotopic (exact) mass is 304 g/mol. The number of nitrogens with one attached hydrogen (secondary N) is 2. The largest absolute Gasteiger partial charge is 0.459 e. The van der Waals surface area contributed by atoms with Crippen molar-refractivity contribution < 1.29 is 14.0 Å². The van der Waals surface area contributed by atoms with E-state index in [0.717, 1.165) is 11.8 Å². The Morgan fingerprint density at radius 1 is 1.36 bits per heavy atom. The van der Waals surface area contributed by atoms with Gasteiger partial charge in [0.15, 0.2) is 5.76 Å². The van der Waals surface area contributed by atoms with E-state index in [0.29, 0.717) is 18.9 Å². The molecule has 0 aromatic carbocycles. The highest BCUT2D eigenvalue weighted by Crippen LogP contribution is 2.49. The van der Waals surface area contributed by atoms with Gasteiger partial charge in [0.25, 0.3) is 5.91 Å². The molecule has 2 amide bonds. The summed E-state index contributed by atoms with van der Waals surface area (Å²) in [7, 11) is 0. The van der Waals surface area contributed by atoms with Crippen LogP contribution in [0.5, 0.6) is 0 Å². The molecule has 5 heteroatoms. The van der Waals surface area contributed by atoms with Gasteiger partial charge >= 0.3 is 0 Å². The van der Waals surface area contributed by atoms with Gasteiger partial charge in [-0.25, -0.2) is 0 Å². The fraction of sp³-hybridized carbons (Fsp3) is 0.647. The van der Waals surface area contributed by atoms with Gasteiger partial charge in [0, 0.05) is 19.0 Å². The molecule has 1 heterocycles. The Labute approximate surface area is 130 Å². The van der Waals surface area contributed by atoms with Crippen molar-refractivity contribution in [1.82, 2.24) is 10.6 Å². The predicted octanol–water partition coefficient (Wildman–Crippen LogP) is 2.34. The predicted molar refractivity (Wildman–Crippen MR) is 82.2 cm³/mol. The number of rotatable bonds is 6. The molecule has 0 aliphatic heterocycles. The average Bonchev–Trinajstić information content (AvgIpc) is 3.23. The van der Waals surface area contributed by atoms with Crippen molar-refractivity contribution in [1.29, 1.82) is 0 Å². The van der Waals surface area contributed by atoms with Crippen LogP contribution in [0.15, 0.2) is 22.8 Å². The van der Waals surface area contributed by atoms with Crippen molar-refractivity contribution in [2.75, 3.05) is 6.54 Å². The molecule has 2 saturated carbocycles. The van der Waals surface area contributed by atoms with Crippen LogP contribution in [0.3, 0.4) is 0 Å². The minimum absolute atomic E-state index is 0.00928. The minimum atomic E-state index is -0.279. The van der Waals surface area contributed by atoms with Gasteiger partial charge in [0.05, 0.1) is 6.26 Å². The topological polar surface area (TPSA) is 71.3 Å². The molecule has 120 valence electrons. The van der Waals surface area contributed by atoms with E-state index in [9.17, 15) is 9.59 Å². The lowest BCUT2D eigenvalue weighted by molar-refractivity contribution is -0.122. The summed E-state index contributed by atoms with van der Waals surface area (Å²) < 4.78 is 5.00. The van der Waals surface area contributed by atoms with Gasteiger partial charge in [-0.2, -0.15) is 0 Å². The zero-order valence-electron chi connectivity index (χ0n) is 13.0. The smallest absolute Gasteiger partial charge is 0.286 e. The van der Waals surface area contributed by atoms with E-state index >= 15 is 0 Å². The highest BCUT2D eigenvalue weighted by atomic mass is 16.3. The molecule has 2 aliphatic carbocycles. The van der Waals surface area contributed by atoms with Crippen LogP contribution < -0.4 is 10.6 Å². The first kappa shape index (κ1) is 15.1. The maximum absolute atomic E-state index is 12.0. The highest BCUT2D eigenvalue weighted by molar-refractivity contribution is 5.91. The van der Waals surface area contributed by atoms with Gasteiger partial charge in [-0.15, -0.1) is 0 Å². The maximum atomic E-state index is 12.0. The molecule has 2 bridgehead atoms. The van der Waals surface area contributed by atoms with E-state index in [1.807, 2.05) is 0 Å². The number of amides is 2. The first-order valence-corrected chi connectivity index (χ1v) is 8.24. The lowest BCUT2D eigenvalue weighted by Gasteiger charge is -2.28. The Morgan fingerprint density at radius 2 is 2.23 bits per heavy atom. The fourth-order valence-corrected chi connectivity index (χ4v) is 4.12. The third-order valence-corrected chi connectivity index (χ3v) is 5.21.